The van der Waals surface area contributed by atoms with Gasteiger partial charge in [0.1, 0.15) is 11.6 Å². The summed E-state index contributed by atoms with van der Waals surface area (Å²) in [6, 6.07) is 3.88. The molecule has 15 heteroatoms. The first-order valence-electron chi connectivity index (χ1n) is 10.6. The second-order valence-corrected chi connectivity index (χ2v) is 8.43. The number of aromatic nitrogens is 6. The van der Waals surface area contributed by atoms with Crippen molar-refractivity contribution in [3.05, 3.63) is 65.3 Å². The summed E-state index contributed by atoms with van der Waals surface area (Å²) in [7, 11) is 0. The van der Waals surface area contributed by atoms with Crippen molar-refractivity contribution in [2.75, 3.05) is 5.32 Å². The van der Waals surface area contributed by atoms with Crippen LogP contribution in [0.3, 0.4) is 0 Å². The molecule has 5 rings (SSSR count). The normalized spacial score (nSPS) is 18.8. The van der Waals surface area contributed by atoms with E-state index in [-0.39, 0.29) is 23.3 Å². The molecule has 0 spiro atoms. The lowest BCUT2D eigenvalue weighted by molar-refractivity contribution is -0.117. The van der Waals surface area contributed by atoms with Gasteiger partial charge in [0, 0.05) is 35.0 Å². The van der Waals surface area contributed by atoms with Gasteiger partial charge in [-0.1, -0.05) is 0 Å². The summed E-state index contributed by atoms with van der Waals surface area (Å²) < 4.78 is 71.4. The van der Waals surface area contributed by atoms with Crippen LogP contribution in [0.2, 0.25) is 0 Å². The number of carbonyl (C=O) groups is 1. The van der Waals surface area contributed by atoms with E-state index in [2.05, 4.69) is 30.2 Å². The topological polar surface area (TPSA) is 123 Å². The summed E-state index contributed by atoms with van der Waals surface area (Å²) in [6.07, 6.45) is 4.87. The van der Waals surface area contributed by atoms with Gasteiger partial charge < -0.3 is 10.1 Å². The third-order valence-electron chi connectivity index (χ3n) is 6.19. The number of halogens is 5. The highest BCUT2D eigenvalue weighted by atomic mass is 19.3. The Balaban J connectivity index is 1.54. The van der Waals surface area contributed by atoms with E-state index in [9.17, 15) is 32.0 Å². The Labute approximate surface area is 204 Å². The van der Waals surface area contributed by atoms with Crippen LogP contribution >= 0.6 is 0 Å². The van der Waals surface area contributed by atoms with Crippen LogP contribution in [0.15, 0.2) is 36.9 Å². The molecule has 2 atom stereocenters. The number of amides is 1. The average molecular weight is 518 g/mol. The highest BCUT2D eigenvalue weighted by Crippen LogP contribution is 2.50. The summed E-state index contributed by atoms with van der Waals surface area (Å²) in [6.45, 7) is -4.40. The molecule has 10 nitrogen and oxygen atoms in total. The number of nitrogens with one attached hydrogen (secondary N) is 1. The number of anilines is 1. The van der Waals surface area contributed by atoms with E-state index >= 15 is 0 Å². The number of ether oxygens (including phenoxy) is 1. The molecule has 1 amide bonds. The fraction of sp³-hybridized carbons (Fsp3) is 0.273. The molecule has 1 aliphatic carbocycles. The van der Waals surface area contributed by atoms with Crippen molar-refractivity contribution in [1.82, 2.24) is 29.4 Å². The van der Waals surface area contributed by atoms with Gasteiger partial charge in [-0.15, -0.1) is 5.10 Å². The second-order valence-electron chi connectivity index (χ2n) is 8.43. The van der Waals surface area contributed by atoms with Gasteiger partial charge in [-0.05, 0) is 19.4 Å². The summed E-state index contributed by atoms with van der Waals surface area (Å²) in [4.78, 5) is 21.2. The van der Waals surface area contributed by atoms with E-state index < -0.39 is 42.2 Å². The van der Waals surface area contributed by atoms with Crippen LogP contribution in [0.4, 0.5) is 27.6 Å². The monoisotopic (exact) mass is 518 g/mol. The minimum absolute atomic E-state index is 0.0306. The number of nitrogens with zero attached hydrogens (tertiary/aromatic N) is 7. The summed E-state index contributed by atoms with van der Waals surface area (Å²) in [5.74, 6) is -2.92. The molecular formula is C22H15F5N8O2. The van der Waals surface area contributed by atoms with Crippen molar-refractivity contribution in [2.24, 2.45) is 0 Å². The van der Waals surface area contributed by atoms with E-state index in [1.807, 2.05) is 0 Å². The highest BCUT2D eigenvalue weighted by Gasteiger charge is 2.48. The van der Waals surface area contributed by atoms with Crippen LogP contribution in [0.1, 0.15) is 48.2 Å². The molecule has 190 valence electrons. The van der Waals surface area contributed by atoms with Gasteiger partial charge in [0.25, 0.3) is 0 Å². The molecule has 1 aliphatic rings. The van der Waals surface area contributed by atoms with Gasteiger partial charge >= 0.3 is 13.2 Å². The molecule has 4 aromatic heterocycles. The first-order chi connectivity index (χ1) is 17.6. The molecule has 37 heavy (non-hydrogen) atoms. The van der Waals surface area contributed by atoms with Crippen molar-refractivity contribution in [3.63, 3.8) is 0 Å². The Bertz CT molecular complexity index is 1560. The van der Waals surface area contributed by atoms with Crippen LogP contribution in [0.25, 0.3) is 5.65 Å². The largest absolute Gasteiger partial charge is 0.415 e. The standard InChI is InChI=1S/C22H15F5N8O2/c1-22(11-6-31-34(9-11)20(24)25)4-13(14-8-29-16-3-15(23)33-35(16)17(14)22)18(36)32-12-2-10(5-28)19(30-7-12)37-21(26)27/h2-3,6-9,13,20-21H,4H2,1H3,(H,32,36)/t13-,22-/m1/s1. The molecule has 1 N–H and O–H groups in total. The minimum atomic E-state index is -3.20. The Kier molecular flexibility index (Phi) is 5.73. The molecule has 0 fully saturated rings. The maximum Gasteiger partial charge on any atom is 0.388 e. The number of alkyl halides is 4. The zero-order chi connectivity index (χ0) is 26.5. The van der Waals surface area contributed by atoms with Gasteiger partial charge in [0.05, 0.1) is 29.7 Å². The Morgan fingerprint density at radius 1 is 1.24 bits per heavy atom. The van der Waals surface area contributed by atoms with Crippen molar-refractivity contribution in [2.45, 2.75) is 37.8 Å². The fourth-order valence-electron chi connectivity index (χ4n) is 4.57. The van der Waals surface area contributed by atoms with Gasteiger partial charge in [0.2, 0.25) is 17.7 Å². The van der Waals surface area contributed by atoms with E-state index in [1.54, 1.807) is 13.0 Å². The van der Waals surface area contributed by atoms with Crippen molar-refractivity contribution in [1.29, 1.82) is 5.26 Å². The predicted octanol–water partition coefficient (Wildman–Crippen LogP) is 3.76. The number of pyridine rings is 1. The van der Waals surface area contributed by atoms with Crippen LogP contribution in [0, 0.1) is 17.3 Å². The molecule has 0 saturated heterocycles. The predicted molar refractivity (Wildman–Crippen MR) is 114 cm³/mol. The zero-order valence-corrected chi connectivity index (χ0v) is 18.7. The molecule has 0 bridgehead atoms. The van der Waals surface area contributed by atoms with Crippen LogP contribution in [-0.2, 0) is 10.2 Å². The molecule has 0 radical (unpaired) electrons. The molecule has 0 saturated carbocycles. The SMILES string of the molecule is C[C@]1(c2cnn(C(F)F)c2)C[C@@H](C(=O)Nc2cnc(OC(F)F)c(C#N)c2)c2cnc3cc(F)nn3c21. The quantitative estimate of drug-likeness (QED) is 0.386. The molecule has 4 aromatic rings. The summed E-state index contributed by atoms with van der Waals surface area (Å²) >= 11 is 0. The molecule has 4 heterocycles. The summed E-state index contributed by atoms with van der Waals surface area (Å²) in [5.41, 5.74) is -0.169. The number of hydrogen-bond donors (Lipinski definition) is 1. The third kappa shape index (κ3) is 4.09. The van der Waals surface area contributed by atoms with Crippen molar-refractivity contribution < 1.29 is 31.5 Å². The van der Waals surface area contributed by atoms with Gasteiger partial charge in [-0.25, -0.2) is 19.2 Å². The summed E-state index contributed by atoms with van der Waals surface area (Å²) in [5, 5.41) is 19.3. The Morgan fingerprint density at radius 2 is 2.03 bits per heavy atom. The number of carbonyl (C=O) groups excluding carboxylic acids is 1. The Hall–Kier alpha value is -4.61. The van der Waals surface area contributed by atoms with Gasteiger partial charge in [0.15, 0.2) is 5.65 Å². The molecule has 0 aliphatic heterocycles. The smallest absolute Gasteiger partial charge is 0.388 e. The minimum Gasteiger partial charge on any atom is -0.415 e. The van der Waals surface area contributed by atoms with Crippen molar-refractivity contribution >= 4 is 17.2 Å². The number of nitriles is 1. The lowest BCUT2D eigenvalue weighted by Gasteiger charge is -2.24. The van der Waals surface area contributed by atoms with Crippen LogP contribution in [-0.4, -0.2) is 41.9 Å². The van der Waals surface area contributed by atoms with E-state index in [4.69, 9.17) is 0 Å². The first-order valence-corrected chi connectivity index (χ1v) is 10.6. The maximum atomic E-state index is 14.0. The first kappa shape index (κ1) is 24.1. The molecule has 0 aromatic carbocycles. The number of rotatable bonds is 6. The van der Waals surface area contributed by atoms with E-state index in [0.29, 0.717) is 21.5 Å². The fourth-order valence-corrected chi connectivity index (χ4v) is 4.57. The van der Waals surface area contributed by atoms with Crippen molar-refractivity contribution in [3.8, 4) is 11.9 Å². The third-order valence-corrected chi connectivity index (χ3v) is 6.19. The second kappa shape index (κ2) is 8.80. The van der Waals surface area contributed by atoms with Gasteiger partial charge in [-0.2, -0.15) is 32.3 Å². The number of hydrogen-bond acceptors (Lipinski definition) is 7. The maximum absolute atomic E-state index is 14.0. The van der Waals surface area contributed by atoms with E-state index in [0.717, 1.165) is 24.5 Å². The lowest BCUT2D eigenvalue weighted by atomic mass is 9.80. The zero-order valence-electron chi connectivity index (χ0n) is 18.7. The molecule has 0 unspecified atom stereocenters. The number of fused-ring (bicyclic) bond motifs is 3. The average Bonchev–Trinajstić information content (AvgIpc) is 3.55. The van der Waals surface area contributed by atoms with E-state index in [1.165, 1.54) is 16.9 Å². The highest BCUT2D eigenvalue weighted by molar-refractivity contribution is 5.97. The lowest BCUT2D eigenvalue weighted by Crippen LogP contribution is -2.25. The van der Waals surface area contributed by atoms with Gasteiger partial charge in [-0.3, -0.25) is 4.79 Å². The van der Waals surface area contributed by atoms with Crippen LogP contribution in [0.5, 0.6) is 5.88 Å². The van der Waals surface area contributed by atoms with Crippen LogP contribution < -0.4 is 10.1 Å². The molecular weight excluding hydrogens is 503 g/mol. The Morgan fingerprint density at radius 3 is 2.70 bits per heavy atom.